The summed E-state index contributed by atoms with van der Waals surface area (Å²) in [5.74, 6) is 0.134. The molecule has 0 saturated heterocycles. The Balaban J connectivity index is 0.000000216. The molecule has 21 heavy (non-hydrogen) atoms. The third-order valence-electron chi connectivity index (χ3n) is 3.08. The molecule has 2 aromatic carbocycles. The molecule has 0 heterocycles. The van der Waals surface area contributed by atoms with Gasteiger partial charge in [0.15, 0.2) is 0 Å². The van der Waals surface area contributed by atoms with Crippen LogP contribution in [-0.2, 0) is 17.1 Å². The van der Waals surface area contributed by atoms with Crippen LogP contribution in [0.25, 0.3) is 11.1 Å². The smallest absolute Gasteiger partial charge is 0.875 e. The standard InChI is InChI=1S/C12H11.C7H8O.Fe/c1-10-5-4-8-12(9-10)11-6-2-3-7-11;1-6(8)7-4-2-3-5-7;/h2-9H,1H3;2-5,8H,1H3;/q-1;;+2/p-1. The molecular weight excluding hydrogens is 300 g/mol. The molecule has 0 spiro atoms. The van der Waals surface area contributed by atoms with Gasteiger partial charge in [0.05, 0.1) is 0 Å². The fourth-order valence-electron chi connectivity index (χ4n) is 2.00. The van der Waals surface area contributed by atoms with Crippen LogP contribution in [0.4, 0.5) is 0 Å². The zero-order chi connectivity index (χ0) is 14.4. The molecule has 0 aliphatic heterocycles. The second-order valence-electron chi connectivity index (χ2n) is 4.77. The van der Waals surface area contributed by atoms with Crippen molar-refractivity contribution in [3.8, 4) is 11.1 Å². The molecule has 0 amide bonds. The van der Waals surface area contributed by atoms with Crippen LogP contribution < -0.4 is 5.11 Å². The van der Waals surface area contributed by atoms with Gasteiger partial charge in [-0.05, 0) is 12.5 Å². The molecule has 0 aromatic heterocycles. The number of hydrogen-bond acceptors (Lipinski definition) is 1. The predicted molar refractivity (Wildman–Crippen MR) is 83.2 cm³/mol. The average Bonchev–Trinajstić information content (AvgIpc) is 3.13. The number of hydrogen-bond donors (Lipinski definition) is 0. The number of benzene rings is 1. The Morgan fingerprint density at radius 1 is 1.05 bits per heavy atom. The second kappa shape index (κ2) is 8.41. The third kappa shape index (κ3) is 5.18. The first-order valence-electron chi connectivity index (χ1n) is 6.68. The summed E-state index contributed by atoms with van der Waals surface area (Å²) in [6.45, 7) is 3.68. The van der Waals surface area contributed by atoms with Crippen molar-refractivity contribution >= 4 is 0 Å². The topological polar surface area (TPSA) is 23.1 Å². The van der Waals surface area contributed by atoms with E-state index in [1.807, 2.05) is 24.3 Å². The van der Waals surface area contributed by atoms with E-state index >= 15 is 0 Å². The molecule has 0 atom stereocenters. The van der Waals surface area contributed by atoms with Gasteiger partial charge in [0, 0.05) is 0 Å². The van der Waals surface area contributed by atoms with Crippen LogP contribution in [0.2, 0.25) is 0 Å². The molecule has 0 unspecified atom stereocenters. The summed E-state index contributed by atoms with van der Waals surface area (Å²) < 4.78 is 0. The predicted octanol–water partition coefficient (Wildman–Crippen LogP) is 4.13. The molecule has 108 valence electrons. The SMILES string of the molecule is CC([O-])=C1C=CC=C1.Cc1cccc(-c2ccc[cH-]2)c1.[Fe+2]. The molecule has 0 bridgehead atoms. The monoisotopic (exact) mass is 318 g/mol. The van der Waals surface area contributed by atoms with Crippen molar-refractivity contribution in [1.82, 2.24) is 0 Å². The van der Waals surface area contributed by atoms with Gasteiger partial charge in [-0.25, -0.2) is 0 Å². The summed E-state index contributed by atoms with van der Waals surface area (Å²) in [5, 5.41) is 10.5. The molecule has 0 saturated carbocycles. The van der Waals surface area contributed by atoms with Crippen molar-refractivity contribution in [2.45, 2.75) is 13.8 Å². The molecule has 0 fully saturated rings. The summed E-state index contributed by atoms with van der Waals surface area (Å²) in [6, 6.07) is 17.0. The molecule has 1 nitrogen and oxygen atoms in total. The molecule has 0 radical (unpaired) electrons. The largest absolute Gasteiger partial charge is 2.00 e. The quantitative estimate of drug-likeness (QED) is 0.440. The van der Waals surface area contributed by atoms with Crippen LogP contribution >= 0.6 is 0 Å². The zero-order valence-electron chi connectivity index (χ0n) is 12.2. The van der Waals surface area contributed by atoms with Gasteiger partial charge < -0.3 is 5.11 Å². The maximum Gasteiger partial charge on any atom is 2.00 e. The summed E-state index contributed by atoms with van der Waals surface area (Å²) in [4.78, 5) is 0. The minimum atomic E-state index is 0. The van der Waals surface area contributed by atoms with Crippen molar-refractivity contribution in [3.05, 3.63) is 89.7 Å². The Labute approximate surface area is 137 Å². The van der Waals surface area contributed by atoms with Crippen LogP contribution in [0.5, 0.6) is 0 Å². The van der Waals surface area contributed by atoms with Crippen molar-refractivity contribution in [2.75, 3.05) is 0 Å². The van der Waals surface area contributed by atoms with E-state index in [4.69, 9.17) is 0 Å². The minimum absolute atomic E-state index is 0. The van der Waals surface area contributed by atoms with E-state index in [2.05, 4.69) is 55.5 Å². The maximum atomic E-state index is 10.5. The first kappa shape index (κ1) is 17.2. The summed E-state index contributed by atoms with van der Waals surface area (Å²) >= 11 is 0. The second-order valence-corrected chi connectivity index (χ2v) is 4.77. The molecule has 1 aliphatic carbocycles. The van der Waals surface area contributed by atoms with Gasteiger partial charge in [-0.2, -0.15) is 23.8 Å². The van der Waals surface area contributed by atoms with Crippen LogP contribution in [0, 0.1) is 6.92 Å². The maximum absolute atomic E-state index is 10.5. The molecule has 2 heteroatoms. The van der Waals surface area contributed by atoms with Crippen LogP contribution in [0.15, 0.2) is 84.2 Å². The Morgan fingerprint density at radius 3 is 2.24 bits per heavy atom. The summed E-state index contributed by atoms with van der Waals surface area (Å²) in [6.07, 6.45) is 7.33. The van der Waals surface area contributed by atoms with Gasteiger partial charge in [0.2, 0.25) is 0 Å². The van der Waals surface area contributed by atoms with Gasteiger partial charge in [-0.3, -0.25) is 0 Å². The molecular formula is C19H18FeO. The molecule has 1 aliphatic rings. The average molecular weight is 318 g/mol. The van der Waals surface area contributed by atoms with E-state index < -0.39 is 0 Å². The van der Waals surface area contributed by atoms with Gasteiger partial charge in [-0.15, -0.1) is 11.8 Å². The van der Waals surface area contributed by atoms with E-state index in [1.165, 1.54) is 16.7 Å². The summed E-state index contributed by atoms with van der Waals surface area (Å²) in [7, 11) is 0. The summed E-state index contributed by atoms with van der Waals surface area (Å²) in [5.41, 5.74) is 4.72. The Morgan fingerprint density at radius 2 is 1.76 bits per heavy atom. The van der Waals surface area contributed by atoms with Gasteiger partial charge in [-0.1, -0.05) is 66.6 Å². The van der Waals surface area contributed by atoms with Gasteiger partial charge in [0.1, 0.15) is 0 Å². The number of allylic oxidation sites excluding steroid dienone is 6. The first-order valence-corrected chi connectivity index (χ1v) is 6.68. The molecule has 0 N–H and O–H groups in total. The third-order valence-corrected chi connectivity index (χ3v) is 3.08. The van der Waals surface area contributed by atoms with Crippen molar-refractivity contribution in [2.24, 2.45) is 0 Å². The number of rotatable bonds is 1. The fraction of sp³-hybridized carbons (Fsp3) is 0.105. The van der Waals surface area contributed by atoms with Crippen LogP contribution in [0.1, 0.15) is 12.5 Å². The van der Waals surface area contributed by atoms with Crippen molar-refractivity contribution in [1.29, 1.82) is 0 Å². The van der Waals surface area contributed by atoms with Crippen LogP contribution in [0.3, 0.4) is 0 Å². The van der Waals surface area contributed by atoms with Crippen molar-refractivity contribution in [3.63, 3.8) is 0 Å². The Bertz CT molecular complexity index is 628. The van der Waals surface area contributed by atoms with E-state index in [9.17, 15) is 5.11 Å². The minimum Gasteiger partial charge on any atom is -0.875 e. The van der Waals surface area contributed by atoms with Crippen molar-refractivity contribution < 1.29 is 22.2 Å². The van der Waals surface area contributed by atoms with Gasteiger partial charge in [0.25, 0.3) is 0 Å². The van der Waals surface area contributed by atoms with E-state index in [-0.39, 0.29) is 22.8 Å². The van der Waals surface area contributed by atoms with Crippen LogP contribution in [-0.4, -0.2) is 0 Å². The number of aryl methyl sites for hydroxylation is 1. The normalized spacial score (nSPS) is 11.6. The fourth-order valence-corrected chi connectivity index (χ4v) is 2.00. The Kier molecular flexibility index (Phi) is 6.87. The van der Waals surface area contributed by atoms with E-state index in [1.54, 1.807) is 6.92 Å². The molecule has 3 rings (SSSR count). The van der Waals surface area contributed by atoms with E-state index in [0.29, 0.717) is 0 Å². The van der Waals surface area contributed by atoms with Gasteiger partial charge >= 0.3 is 17.1 Å². The zero-order valence-corrected chi connectivity index (χ0v) is 13.3. The molecule has 2 aromatic rings. The Hall–Kier alpha value is -1.89. The van der Waals surface area contributed by atoms with E-state index in [0.717, 1.165) is 5.57 Å². The first-order chi connectivity index (χ1) is 9.66.